The zero-order valence-electron chi connectivity index (χ0n) is 56.3. The maximum absolute atomic E-state index is 12.6. The largest absolute Gasteiger partial charge is 0.466 e. The molecule has 0 saturated carbocycles. The Hall–Kier alpha value is -1.14. The molecule has 0 fully saturated rings. The van der Waals surface area contributed by atoms with E-state index in [2.05, 4.69) is 19.2 Å². The van der Waals surface area contributed by atoms with Gasteiger partial charge in [-0.05, 0) is 25.7 Å². The van der Waals surface area contributed by atoms with Gasteiger partial charge in [0, 0.05) is 12.8 Å². The van der Waals surface area contributed by atoms with E-state index < -0.39 is 12.1 Å². The zero-order chi connectivity index (χ0) is 59.2. The van der Waals surface area contributed by atoms with Crippen LogP contribution in [0.2, 0.25) is 0 Å². The van der Waals surface area contributed by atoms with Crippen LogP contribution in [-0.4, -0.2) is 47.4 Å². The molecular formula is C76H151NO5. The highest BCUT2D eigenvalue weighted by molar-refractivity contribution is 5.76. The number of unbranched alkanes of at least 4 members (excludes halogenated alkanes) is 62. The SMILES string of the molecule is CCCCCCCCCCCCCCCCCCCCCCCCCCCC(O)C(CO)NC(=O)CCCCCCCCCCCCCCCCCCCCCCCCCOC(=O)CCCCCCCCCCCCCCCCCCC. The first kappa shape index (κ1) is 80.9. The molecule has 0 rings (SSSR count). The zero-order valence-corrected chi connectivity index (χ0v) is 56.3. The van der Waals surface area contributed by atoms with Gasteiger partial charge in [-0.2, -0.15) is 0 Å². The molecule has 0 radical (unpaired) electrons. The summed E-state index contributed by atoms with van der Waals surface area (Å²) in [6.07, 6.45) is 88.9. The van der Waals surface area contributed by atoms with Gasteiger partial charge in [0.1, 0.15) is 0 Å². The van der Waals surface area contributed by atoms with Gasteiger partial charge >= 0.3 is 5.97 Å². The summed E-state index contributed by atoms with van der Waals surface area (Å²) in [6, 6.07) is -0.542. The van der Waals surface area contributed by atoms with Gasteiger partial charge in [-0.15, -0.1) is 0 Å². The number of carbonyl (C=O) groups excluding carboxylic acids is 2. The fourth-order valence-electron chi connectivity index (χ4n) is 12.6. The van der Waals surface area contributed by atoms with Crippen LogP contribution in [0.5, 0.6) is 0 Å². The van der Waals surface area contributed by atoms with E-state index in [4.69, 9.17) is 4.74 Å². The average Bonchev–Trinajstić information content (AvgIpc) is 3.48. The van der Waals surface area contributed by atoms with Crippen LogP contribution in [-0.2, 0) is 14.3 Å². The number of amides is 1. The molecule has 490 valence electrons. The van der Waals surface area contributed by atoms with Gasteiger partial charge in [-0.3, -0.25) is 9.59 Å². The summed E-state index contributed by atoms with van der Waals surface area (Å²) in [7, 11) is 0. The molecule has 0 aromatic heterocycles. The first-order valence-corrected chi connectivity index (χ1v) is 38.3. The van der Waals surface area contributed by atoms with Gasteiger partial charge in [0.25, 0.3) is 0 Å². The normalized spacial score (nSPS) is 12.4. The lowest BCUT2D eigenvalue weighted by Crippen LogP contribution is -2.45. The Bertz CT molecular complexity index is 1200. The number of nitrogens with one attached hydrogen (secondary N) is 1. The van der Waals surface area contributed by atoms with Gasteiger partial charge < -0.3 is 20.3 Å². The Morgan fingerprint density at radius 1 is 0.293 bits per heavy atom. The number of aliphatic hydroxyl groups excluding tert-OH is 2. The second kappa shape index (κ2) is 72.3. The van der Waals surface area contributed by atoms with Crippen molar-refractivity contribution in [2.24, 2.45) is 0 Å². The van der Waals surface area contributed by atoms with E-state index in [1.807, 2.05) is 0 Å². The first-order valence-electron chi connectivity index (χ1n) is 38.3. The van der Waals surface area contributed by atoms with Crippen molar-refractivity contribution in [3.05, 3.63) is 0 Å². The van der Waals surface area contributed by atoms with Crippen molar-refractivity contribution >= 4 is 11.9 Å². The third kappa shape index (κ3) is 68.0. The molecule has 0 aliphatic heterocycles. The smallest absolute Gasteiger partial charge is 0.305 e. The molecule has 0 aliphatic carbocycles. The van der Waals surface area contributed by atoms with Crippen molar-refractivity contribution in [3.63, 3.8) is 0 Å². The van der Waals surface area contributed by atoms with Crippen molar-refractivity contribution in [1.29, 1.82) is 0 Å². The maximum Gasteiger partial charge on any atom is 0.305 e. The lowest BCUT2D eigenvalue weighted by molar-refractivity contribution is -0.143. The summed E-state index contributed by atoms with van der Waals surface area (Å²) in [5.41, 5.74) is 0. The van der Waals surface area contributed by atoms with Gasteiger partial charge in [-0.1, -0.05) is 412 Å². The summed E-state index contributed by atoms with van der Waals surface area (Å²) in [5, 5.41) is 23.5. The van der Waals surface area contributed by atoms with E-state index in [1.54, 1.807) is 0 Å². The van der Waals surface area contributed by atoms with E-state index in [-0.39, 0.29) is 18.5 Å². The third-order valence-electron chi connectivity index (χ3n) is 18.4. The van der Waals surface area contributed by atoms with Crippen molar-refractivity contribution < 1.29 is 24.5 Å². The highest BCUT2D eigenvalue weighted by Crippen LogP contribution is 2.20. The Labute approximate surface area is 515 Å². The van der Waals surface area contributed by atoms with E-state index in [1.165, 1.54) is 379 Å². The molecule has 0 saturated heterocycles. The van der Waals surface area contributed by atoms with Crippen LogP contribution < -0.4 is 5.32 Å². The molecule has 6 nitrogen and oxygen atoms in total. The predicted octanol–water partition coefficient (Wildman–Crippen LogP) is 24.9. The molecule has 1 amide bonds. The van der Waals surface area contributed by atoms with E-state index >= 15 is 0 Å². The van der Waals surface area contributed by atoms with Crippen LogP contribution in [0.25, 0.3) is 0 Å². The molecule has 82 heavy (non-hydrogen) atoms. The molecule has 0 aromatic carbocycles. The second-order valence-electron chi connectivity index (χ2n) is 26.7. The fourth-order valence-corrected chi connectivity index (χ4v) is 12.6. The third-order valence-corrected chi connectivity index (χ3v) is 18.4. The Balaban J connectivity index is 3.35. The summed E-state index contributed by atoms with van der Waals surface area (Å²) >= 11 is 0. The Kier molecular flexibility index (Phi) is 71.3. The molecule has 3 N–H and O–H groups in total. The number of hydrogen-bond donors (Lipinski definition) is 3. The Morgan fingerprint density at radius 3 is 0.744 bits per heavy atom. The van der Waals surface area contributed by atoms with Crippen LogP contribution in [0, 0.1) is 0 Å². The molecule has 6 heteroatoms. The van der Waals surface area contributed by atoms with Crippen LogP contribution in [0.3, 0.4) is 0 Å². The lowest BCUT2D eigenvalue weighted by atomic mass is 10.0. The van der Waals surface area contributed by atoms with Crippen LogP contribution >= 0.6 is 0 Å². The summed E-state index contributed by atoms with van der Waals surface area (Å²) < 4.78 is 5.51. The van der Waals surface area contributed by atoms with Gasteiger partial charge in [0.15, 0.2) is 0 Å². The number of aliphatic hydroxyl groups is 2. The van der Waals surface area contributed by atoms with E-state index in [0.717, 1.165) is 38.5 Å². The van der Waals surface area contributed by atoms with E-state index in [0.29, 0.717) is 25.9 Å². The quantitative estimate of drug-likeness (QED) is 0.0417. The minimum Gasteiger partial charge on any atom is -0.466 e. The number of ether oxygens (including phenoxy) is 1. The van der Waals surface area contributed by atoms with Crippen LogP contribution in [0.4, 0.5) is 0 Å². The topological polar surface area (TPSA) is 95.9 Å². The van der Waals surface area contributed by atoms with Crippen LogP contribution in [0.15, 0.2) is 0 Å². The number of rotatable bonds is 73. The Morgan fingerprint density at radius 2 is 0.500 bits per heavy atom. The molecule has 0 bridgehead atoms. The minimum atomic E-state index is -0.665. The molecule has 2 unspecified atom stereocenters. The summed E-state index contributed by atoms with van der Waals surface area (Å²) in [4.78, 5) is 24.7. The first-order chi connectivity index (χ1) is 40.5. The van der Waals surface area contributed by atoms with Gasteiger partial charge in [-0.25, -0.2) is 0 Å². The molecule has 0 heterocycles. The molecule has 0 aromatic rings. The summed E-state index contributed by atoms with van der Waals surface area (Å²) in [6.45, 7) is 5.02. The average molecular weight is 1160 g/mol. The standard InChI is InChI=1S/C76H151NO5/c1-3-5-7-9-11-13-15-17-19-21-22-23-24-25-27-30-33-37-40-44-48-52-56-60-64-68-74(79)73(72-78)77-75(80)69-65-61-57-53-49-45-41-38-34-31-28-26-29-32-35-39-43-47-51-55-59-63-67-71-82-76(81)70-66-62-58-54-50-46-42-36-20-18-16-14-12-10-8-6-4-2/h73-74,78-79H,3-72H2,1-2H3,(H,77,80). The molecule has 0 aliphatic rings. The summed E-state index contributed by atoms with van der Waals surface area (Å²) in [5.74, 6) is -0.00759. The monoisotopic (exact) mass is 1160 g/mol. The van der Waals surface area contributed by atoms with Gasteiger partial charge in [0.05, 0.1) is 25.4 Å². The van der Waals surface area contributed by atoms with Gasteiger partial charge in [0.2, 0.25) is 5.91 Å². The number of carbonyl (C=O) groups is 2. The highest BCUT2D eigenvalue weighted by atomic mass is 16.5. The number of hydrogen-bond acceptors (Lipinski definition) is 5. The van der Waals surface area contributed by atoms with Crippen molar-refractivity contribution in [3.8, 4) is 0 Å². The second-order valence-corrected chi connectivity index (χ2v) is 26.7. The molecular weight excluding hydrogens is 1010 g/mol. The van der Waals surface area contributed by atoms with Crippen molar-refractivity contribution in [2.75, 3.05) is 13.2 Å². The predicted molar refractivity (Wildman–Crippen MR) is 361 cm³/mol. The van der Waals surface area contributed by atoms with Crippen molar-refractivity contribution in [1.82, 2.24) is 5.32 Å². The fraction of sp³-hybridized carbons (Fsp3) is 0.974. The molecule has 0 spiro atoms. The number of esters is 1. The van der Waals surface area contributed by atoms with Crippen molar-refractivity contribution in [2.45, 2.75) is 463 Å². The maximum atomic E-state index is 12.6. The van der Waals surface area contributed by atoms with Crippen LogP contribution in [0.1, 0.15) is 450 Å². The minimum absolute atomic E-state index is 0.0203. The van der Waals surface area contributed by atoms with E-state index in [9.17, 15) is 19.8 Å². The highest BCUT2D eigenvalue weighted by Gasteiger charge is 2.20. The lowest BCUT2D eigenvalue weighted by Gasteiger charge is -2.22. The molecule has 2 atom stereocenters.